The zero-order valence-corrected chi connectivity index (χ0v) is 16.4. The maximum absolute atomic E-state index is 14.6. The fraction of sp³-hybridized carbons (Fsp3) is 0.391. The highest BCUT2D eigenvalue weighted by Crippen LogP contribution is 2.28. The molecule has 0 amide bonds. The van der Waals surface area contributed by atoms with E-state index in [0.29, 0.717) is 11.4 Å². The Kier molecular flexibility index (Phi) is 6.30. The second-order valence-electron chi connectivity index (χ2n) is 7.79. The van der Waals surface area contributed by atoms with Crippen LogP contribution in [0.2, 0.25) is 0 Å². The Morgan fingerprint density at radius 1 is 0.966 bits per heavy atom. The molecule has 0 atom stereocenters. The number of aromatic amines is 1. The molecule has 3 aromatic rings. The summed E-state index contributed by atoms with van der Waals surface area (Å²) < 4.78 is 29.3. The van der Waals surface area contributed by atoms with E-state index >= 15 is 0 Å². The van der Waals surface area contributed by atoms with Crippen molar-refractivity contribution in [1.29, 1.82) is 0 Å². The number of nitrogens with zero attached hydrogens (tertiary/aromatic N) is 2. The smallest absolute Gasteiger partial charge is 0.180 e. The topological polar surface area (TPSA) is 53.6 Å². The summed E-state index contributed by atoms with van der Waals surface area (Å²) in [5.74, 6) is 0.262. The minimum Gasteiger partial charge on any atom is -0.312 e. The van der Waals surface area contributed by atoms with Crippen molar-refractivity contribution in [2.75, 3.05) is 6.54 Å². The van der Waals surface area contributed by atoms with Crippen molar-refractivity contribution in [2.45, 2.75) is 45.1 Å². The molecule has 1 aliphatic rings. The minimum absolute atomic E-state index is 0.0996. The summed E-state index contributed by atoms with van der Waals surface area (Å²) in [5.41, 5.74) is 2.12. The number of halogens is 2. The fourth-order valence-corrected chi connectivity index (χ4v) is 4.12. The number of aromatic nitrogens is 3. The fourth-order valence-electron chi connectivity index (χ4n) is 4.12. The van der Waals surface area contributed by atoms with Crippen molar-refractivity contribution in [3.05, 3.63) is 59.9 Å². The summed E-state index contributed by atoms with van der Waals surface area (Å²) in [7, 11) is 0. The Bertz CT molecular complexity index is 911. The van der Waals surface area contributed by atoms with Crippen LogP contribution in [0.25, 0.3) is 22.5 Å². The Morgan fingerprint density at radius 3 is 2.45 bits per heavy atom. The predicted octanol–water partition coefficient (Wildman–Crippen LogP) is 5.48. The van der Waals surface area contributed by atoms with Gasteiger partial charge in [-0.25, -0.2) is 13.8 Å². The maximum Gasteiger partial charge on any atom is 0.180 e. The standard InChI is InChI=1S/C23H26F2N4/c24-21-12-19(17-7-4-8-18(11-17)23-27-15-28-29-23)13-22(25)20(21)14-26-10-9-16-5-2-1-3-6-16/h4,7-8,11-13,15-16,26H,1-3,5-6,9-10,14H2,(H,27,28,29). The number of rotatable bonds is 7. The summed E-state index contributed by atoms with van der Waals surface area (Å²) in [6.07, 6.45) is 9.11. The molecule has 2 N–H and O–H groups in total. The van der Waals surface area contributed by atoms with Crippen molar-refractivity contribution in [2.24, 2.45) is 5.92 Å². The molecule has 0 bridgehead atoms. The molecule has 1 aromatic heterocycles. The van der Waals surface area contributed by atoms with Gasteiger partial charge in [-0.2, -0.15) is 5.10 Å². The lowest BCUT2D eigenvalue weighted by molar-refractivity contribution is 0.333. The quantitative estimate of drug-likeness (QED) is 0.520. The third-order valence-electron chi connectivity index (χ3n) is 5.77. The molecular weight excluding hydrogens is 370 g/mol. The third-order valence-corrected chi connectivity index (χ3v) is 5.77. The Morgan fingerprint density at radius 2 is 1.72 bits per heavy atom. The lowest BCUT2D eigenvalue weighted by atomic mass is 9.87. The van der Waals surface area contributed by atoms with Gasteiger partial charge in [0.2, 0.25) is 0 Å². The lowest BCUT2D eigenvalue weighted by Gasteiger charge is -2.21. The van der Waals surface area contributed by atoms with E-state index in [-0.39, 0.29) is 12.1 Å². The maximum atomic E-state index is 14.6. The first kappa shape index (κ1) is 19.7. The number of nitrogens with one attached hydrogen (secondary N) is 2. The van der Waals surface area contributed by atoms with Gasteiger partial charge in [0, 0.05) is 17.7 Å². The first-order valence-corrected chi connectivity index (χ1v) is 10.4. The van der Waals surface area contributed by atoms with E-state index in [2.05, 4.69) is 20.5 Å². The van der Waals surface area contributed by atoms with Crippen LogP contribution in [0, 0.1) is 17.6 Å². The van der Waals surface area contributed by atoms with Crippen LogP contribution in [0.5, 0.6) is 0 Å². The van der Waals surface area contributed by atoms with E-state index < -0.39 is 11.6 Å². The molecular formula is C23H26F2N4. The molecule has 4 rings (SSSR count). The van der Waals surface area contributed by atoms with Crippen LogP contribution in [0.15, 0.2) is 42.7 Å². The molecule has 0 aliphatic heterocycles. The van der Waals surface area contributed by atoms with Crippen molar-refractivity contribution >= 4 is 0 Å². The molecule has 0 spiro atoms. The van der Waals surface area contributed by atoms with E-state index in [1.807, 2.05) is 24.3 Å². The molecule has 6 heteroatoms. The molecule has 152 valence electrons. The molecule has 0 saturated heterocycles. The summed E-state index contributed by atoms with van der Waals surface area (Å²) in [4.78, 5) is 4.12. The molecule has 4 nitrogen and oxygen atoms in total. The first-order valence-electron chi connectivity index (χ1n) is 10.4. The van der Waals surface area contributed by atoms with Crippen LogP contribution in [0.4, 0.5) is 8.78 Å². The summed E-state index contributed by atoms with van der Waals surface area (Å²) >= 11 is 0. The molecule has 0 radical (unpaired) electrons. The lowest BCUT2D eigenvalue weighted by Crippen LogP contribution is -2.20. The summed E-state index contributed by atoms with van der Waals surface area (Å²) in [6, 6.07) is 10.2. The summed E-state index contributed by atoms with van der Waals surface area (Å²) in [6.45, 7) is 1.01. The number of H-pyrrole nitrogens is 1. The highest BCUT2D eigenvalue weighted by atomic mass is 19.1. The van der Waals surface area contributed by atoms with Gasteiger partial charge in [0.1, 0.15) is 18.0 Å². The van der Waals surface area contributed by atoms with E-state index in [4.69, 9.17) is 0 Å². The van der Waals surface area contributed by atoms with Gasteiger partial charge in [-0.05, 0) is 48.2 Å². The van der Waals surface area contributed by atoms with Crippen molar-refractivity contribution < 1.29 is 8.78 Å². The minimum atomic E-state index is -0.520. The van der Waals surface area contributed by atoms with Gasteiger partial charge in [-0.1, -0.05) is 50.3 Å². The zero-order valence-electron chi connectivity index (χ0n) is 16.4. The molecule has 2 aromatic carbocycles. The van der Waals surface area contributed by atoms with Gasteiger partial charge in [-0.15, -0.1) is 0 Å². The van der Waals surface area contributed by atoms with Crippen LogP contribution in [0.1, 0.15) is 44.1 Å². The normalized spacial score (nSPS) is 15.0. The van der Waals surface area contributed by atoms with Crippen LogP contribution in [0.3, 0.4) is 0 Å². The number of hydrogen-bond acceptors (Lipinski definition) is 3. The van der Waals surface area contributed by atoms with Crippen molar-refractivity contribution in [3.63, 3.8) is 0 Å². The molecule has 1 heterocycles. The second kappa shape index (κ2) is 9.27. The highest BCUT2D eigenvalue weighted by molar-refractivity contribution is 5.70. The SMILES string of the molecule is Fc1cc(-c2cccc(-c3nc[nH]n3)c2)cc(F)c1CNCCC1CCCCC1. The molecule has 1 saturated carbocycles. The predicted molar refractivity (Wildman–Crippen MR) is 110 cm³/mol. The molecule has 0 unspecified atom stereocenters. The highest BCUT2D eigenvalue weighted by Gasteiger charge is 2.15. The van der Waals surface area contributed by atoms with E-state index in [1.165, 1.54) is 50.6 Å². The van der Waals surface area contributed by atoms with Crippen LogP contribution in [-0.4, -0.2) is 21.7 Å². The average molecular weight is 396 g/mol. The summed E-state index contributed by atoms with van der Waals surface area (Å²) in [5, 5.41) is 9.94. The number of benzene rings is 2. The average Bonchev–Trinajstić information content (AvgIpc) is 3.28. The van der Waals surface area contributed by atoms with Crippen molar-refractivity contribution in [1.82, 2.24) is 20.5 Å². The monoisotopic (exact) mass is 396 g/mol. The zero-order chi connectivity index (χ0) is 20.1. The van der Waals surface area contributed by atoms with E-state index in [0.717, 1.165) is 30.0 Å². The molecule has 29 heavy (non-hydrogen) atoms. The third kappa shape index (κ3) is 4.88. The Balaban J connectivity index is 1.42. The van der Waals surface area contributed by atoms with Gasteiger partial charge < -0.3 is 5.32 Å². The van der Waals surface area contributed by atoms with Gasteiger partial charge in [0.25, 0.3) is 0 Å². The molecule has 1 fully saturated rings. The van der Waals surface area contributed by atoms with E-state index in [1.54, 1.807) is 0 Å². The number of hydrogen-bond donors (Lipinski definition) is 2. The largest absolute Gasteiger partial charge is 0.312 e. The molecule has 1 aliphatic carbocycles. The van der Waals surface area contributed by atoms with Gasteiger partial charge in [0.05, 0.1) is 0 Å². The van der Waals surface area contributed by atoms with Gasteiger partial charge in [0.15, 0.2) is 5.82 Å². The van der Waals surface area contributed by atoms with Crippen molar-refractivity contribution in [3.8, 4) is 22.5 Å². The van der Waals surface area contributed by atoms with Gasteiger partial charge in [-0.3, -0.25) is 5.10 Å². The van der Waals surface area contributed by atoms with Crippen LogP contribution >= 0.6 is 0 Å². The van der Waals surface area contributed by atoms with Crippen LogP contribution < -0.4 is 5.32 Å². The Hall–Kier alpha value is -2.60. The van der Waals surface area contributed by atoms with E-state index in [9.17, 15) is 8.78 Å². The van der Waals surface area contributed by atoms with Gasteiger partial charge >= 0.3 is 0 Å². The second-order valence-corrected chi connectivity index (χ2v) is 7.79. The Labute approximate surface area is 169 Å². The van der Waals surface area contributed by atoms with Crippen LogP contribution in [-0.2, 0) is 6.54 Å². The first-order chi connectivity index (χ1) is 14.2.